The molecule has 0 aliphatic heterocycles. The van der Waals surface area contributed by atoms with E-state index in [0.717, 1.165) is 0 Å². The van der Waals surface area contributed by atoms with Gasteiger partial charge in [-0.3, -0.25) is 4.72 Å². The van der Waals surface area contributed by atoms with Crippen molar-refractivity contribution in [3.05, 3.63) is 55.6 Å². The van der Waals surface area contributed by atoms with Gasteiger partial charge in [0.05, 0.1) is 17.3 Å². The second-order valence-corrected chi connectivity index (χ2v) is 9.60. The highest BCUT2D eigenvalue weighted by Crippen LogP contribution is 2.36. The van der Waals surface area contributed by atoms with E-state index in [-0.39, 0.29) is 33.4 Å². The molecule has 10 heteroatoms. The lowest BCUT2D eigenvalue weighted by atomic mass is 10.1. The highest BCUT2D eigenvalue weighted by atomic mass is 79.9. The Labute approximate surface area is 183 Å². The molecule has 0 atom stereocenters. The number of hydrogen-bond acceptors (Lipinski definition) is 5. The molecule has 0 spiro atoms. The van der Waals surface area contributed by atoms with Crippen molar-refractivity contribution >= 4 is 76.1 Å². The van der Waals surface area contributed by atoms with E-state index in [1.165, 1.54) is 18.2 Å². The minimum absolute atomic E-state index is 0.0482. The number of benzene rings is 2. The van der Waals surface area contributed by atoms with Gasteiger partial charge in [0.25, 0.3) is 10.0 Å². The Kier molecular flexibility index (Phi) is 6.09. The van der Waals surface area contributed by atoms with Crippen molar-refractivity contribution in [2.45, 2.75) is 18.7 Å². The van der Waals surface area contributed by atoms with Crippen molar-refractivity contribution < 1.29 is 22.4 Å². The number of nitrogens with one attached hydrogen (secondary N) is 1. The van der Waals surface area contributed by atoms with Crippen molar-refractivity contribution in [3.63, 3.8) is 0 Å². The monoisotopic (exact) mass is 549 g/mol. The molecular formula is C18H14Br2ClNO5S. The number of anilines is 1. The van der Waals surface area contributed by atoms with Crippen molar-refractivity contribution in [2.24, 2.45) is 0 Å². The third kappa shape index (κ3) is 4.07. The van der Waals surface area contributed by atoms with E-state index in [4.69, 9.17) is 20.8 Å². The molecule has 148 valence electrons. The number of fused-ring (bicyclic) bond motifs is 1. The van der Waals surface area contributed by atoms with Crippen molar-refractivity contribution in [3.8, 4) is 0 Å². The zero-order chi connectivity index (χ0) is 20.6. The van der Waals surface area contributed by atoms with Gasteiger partial charge in [-0.05, 0) is 60.1 Å². The Hall–Kier alpha value is -1.55. The summed E-state index contributed by atoms with van der Waals surface area (Å²) in [6.07, 6.45) is 0. The van der Waals surface area contributed by atoms with E-state index < -0.39 is 16.0 Å². The van der Waals surface area contributed by atoms with Gasteiger partial charge in [-0.25, -0.2) is 13.2 Å². The predicted molar refractivity (Wildman–Crippen MR) is 115 cm³/mol. The molecule has 0 saturated heterocycles. The zero-order valence-corrected chi connectivity index (χ0v) is 19.4. The van der Waals surface area contributed by atoms with Crippen LogP contribution in [0.3, 0.4) is 0 Å². The van der Waals surface area contributed by atoms with Crippen LogP contribution in [-0.4, -0.2) is 21.0 Å². The van der Waals surface area contributed by atoms with Gasteiger partial charge in [0.2, 0.25) is 0 Å². The molecule has 6 nitrogen and oxygen atoms in total. The average Bonchev–Trinajstić information content (AvgIpc) is 2.93. The molecule has 1 aromatic heterocycles. The molecule has 0 aliphatic carbocycles. The van der Waals surface area contributed by atoms with Crippen LogP contribution in [0, 0.1) is 6.92 Å². The summed E-state index contributed by atoms with van der Waals surface area (Å²) in [5.74, 6) is -0.227. The Balaban J connectivity index is 2.10. The van der Waals surface area contributed by atoms with Crippen LogP contribution < -0.4 is 4.72 Å². The predicted octanol–water partition coefficient (Wildman–Crippen LogP) is 5.90. The van der Waals surface area contributed by atoms with Crippen LogP contribution in [-0.2, 0) is 14.8 Å². The van der Waals surface area contributed by atoms with E-state index in [1.807, 2.05) is 0 Å². The Bertz CT molecular complexity index is 1190. The maximum Gasteiger partial charge on any atom is 0.342 e. The van der Waals surface area contributed by atoms with Gasteiger partial charge in [0.15, 0.2) is 5.58 Å². The molecule has 3 aromatic rings. The molecule has 1 N–H and O–H groups in total. The van der Waals surface area contributed by atoms with Gasteiger partial charge in [-0.1, -0.05) is 27.5 Å². The fourth-order valence-electron chi connectivity index (χ4n) is 2.69. The third-order valence-corrected chi connectivity index (χ3v) is 6.98. The number of ether oxygens (including phenoxy) is 1. The standard InChI is InChI=1S/C18H14Br2ClNO5S/c1-3-26-18(23)16-9(2)27-17-12(16)7-11(8-14(17)21)22-28(24,25)15-6-10(19)4-5-13(15)20/h4-8,22H,3H2,1-2H3. The minimum atomic E-state index is -3.92. The van der Waals surface area contributed by atoms with Gasteiger partial charge in [-0.2, -0.15) is 0 Å². The van der Waals surface area contributed by atoms with Crippen LogP contribution in [0.15, 0.2) is 48.6 Å². The molecule has 2 aromatic carbocycles. The lowest BCUT2D eigenvalue weighted by Gasteiger charge is -2.11. The number of sulfonamides is 1. The molecule has 3 rings (SSSR count). The largest absolute Gasteiger partial charge is 0.462 e. The van der Waals surface area contributed by atoms with Gasteiger partial charge >= 0.3 is 5.97 Å². The maximum absolute atomic E-state index is 12.8. The Morgan fingerprint density at radius 2 is 1.96 bits per heavy atom. The number of furan rings is 1. The molecule has 0 bridgehead atoms. The minimum Gasteiger partial charge on any atom is -0.462 e. The maximum atomic E-state index is 12.8. The normalized spacial score (nSPS) is 11.6. The van der Waals surface area contributed by atoms with Crippen LogP contribution >= 0.6 is 43.5 Å². The summed E-state index contributed by atoms with van der Waals surface area (Å²) in [4.78, 5) is 12.3. The van der Waals surface area contributed by atoms with Crippen LogP contribution in [0.2, 0.25) is 5.02 Å². The Morgan fingerprint density at radius 3 is 2.64 bits per heavy atom. The number of hydrogen-bond donors (Lipinski definition) is 1. The fraction of sp³-hybridized carbons (Fsp3) is 0.167. The number of aryl methyl sites for hydroxylation is 1. The second-order valence-electron chi connectivity index (χ2n) is 5.77. The topological polar surface area (TPSA) is 85.6 Å². The summed E-state index contributed by atoms with van der Waals surface area (Å²) in [5.41, 5.74) is 0.688. The van der Waals surface area contributed by atoms with Gasteiger partial charge < -0.3 is 9.15 Å². The number of rotatable bonds is 5. The van der Waals surface area contributed by atoms with Crippen LogP contribution in [0.5, 0.6) is 0 Å². The summed E-state index contributed by atoms with van der Waals surface area (Å²) >= 11 is 12.8. The third-order valence-electron chi connectivity index (χ3n) is 3.83. The fourth-order valence-corrected chi connectivity index (χ4v) is 5.49. The molecule has 0 saturated carbocycles. The lowest BCUT2D eigenvalue weighted by molar-refractivity contribution is 0.0526. The summed E-state index contributed by atoms with van der Waals surface area (Å²) < 4.78 is 39.8. The Morgan fingerprint density at radius 1 is 1.25 bits per heavy atom. The highest BCUT2D eigenvalue weighted by molar-refractivity contribution is 9.11. The molecule has 0 amide bonds. The first-order chi connectivity index (χ1) is 13.1. The quantitative estimate of drug-likeness (QED) is 0.399. The van der Waals surface area contributed by atoms with E-state index in [2.05, 4.69) is 36.6 Å². The van der Waals surface area contributed by atoms with Crippen molar-refractivity contribution in [2.75, 3.05) is 11.3 Å². The first-order valence-electron chi connectivity index (χ1n) is 8.01. The molecule has 0 unspecified atom stereocenters. The van der Waals surface area contributed by atoms with E-state index >= 15 is 0 Å². The van der Waals surface area contributed by atoms with Crippen LogP contribution in [0.4, 0.5) is 5.69 Å². The van der Waals surface area contributed by atoms with Gasteiger partial charge in [0, 0.05) is 14.3 Å². The summed E-state index contributed by atoms with van der Waals surface area (Å²) in [6, 6.07) is 7.72. The van der Waals surface area contributed by atoms with Gasteiger partial charge in [-0.15, -0.1) is 0 Å². The molecule has 1 heterocycles. The van der Waals surface area contributed by atoms with Crippen molar-refractivity contribution in [1.82, 2.24) is 0 Å². The lowest BCUT2D eigenvalue weighted by Crippen LogP contribution is -2.13. The number of esters is 1. The summed E-state index contributed by atoms with van der Waals surface area (Å²) in [5, 5.41) is 0.539. The van der Waals surface area contributed by atoms with Crippen molar-refractivity contribution in [1.29, 1.82) is 0 Å². The summed E-state index contributed by atoms with van der Waals surface area (Å²) in [6.45, 7) is 3.50. The first-order valence-corrected chi connectivity index (χ1v) is 11.5. The number of carbonyl (C=O) groups excluding carboxylic acids is 1. The summed E-state index contributed by atoms with van der Waals surface area (Å²) in [7, 11) is -3.92. The first kappa shape index (κ1) is 21.2. The molecule has 28 heavy (non-hydrogen) atoms. The molecular weight excluding hydrogens is 538 g/mol. The van der Waals surface area contributed by atoms with E-state index in [1.54, 1.807) is 26.0 Å². The number of carbonyl (C=O) groups is 1. The highest BCUT2D eigenvalue weighted by Gasteiger charge is 2.24. The van der Waals surface area contributed by atoms with E-state index in [9.17, 15) is 13.2 Å². The molecule has 0 fully saturated rings. The average molecular weight is 552 g/mol. The smallest absolute Gasteiger partial charge is 0.342 e. The van der Waals surface area contributed by atoms with Crippen LogP contribution in [0.25, 0.3) is 11.0 Å². The van der Waals surface area contributed by atoms with Crippen LogP contribution in [0.1, 0.15) is 23.0 Å². The zero-order valence-electron chi connectivity index (χ0n) is 14.7. The molecule has 0 aliphatic rings. The molecule has 0 radical (unpaired) electrons. The second kappa shape index (κ2) is 8.06. The number of halogens is 3. The SMILES string of the molecule is CCOC(=O)c1c(C)oc2c(Cl)cc(NS(=O)(=O)c3cc(Br)ccc3Br)cc12. The van der Waals surface area contributed by atoms with Gasteiger partial charge in [0.1, 0.15) is 16.2 Å². The van der Waals surface area contributed by atoms with E-state index in [0.29, 0.717) is 20.1 Å².